The Hall–Kier alpha value is -3.26. The third kappa shape index (κ3) is 5.28. The van der Waals surface area contributed by atoms with E-state index in [9.17, 15) is 18.0 Å². The number of fused-ring (bicyclic) bond motifs is 1. The third-order valence-corrected chi connectivity index (χ3v) is 9.21. The number of benzene rings is 2. The Morgan fingerprint density at radius 1 is 1.19 bits per heavy atom. The number of nitrogens with one attached hydrogen (secondary N) is 1. The van der Waals surface area contributed by atoms with E-state index >= 15 is 0 Å². The van der Waals surface area contributed by atoms with Crippen molar-refractivity contribution in [2.75, 3.05) is 11.9 Å². The molecule has 4 rings (SSSR count). The number of anilines is 1. The van der Waals surface area contributed by atoms with E-state index in [1.165, 1.54) is 42.5 Å². The predicted octanol–water partition coefficient (Wildman–Crippen LogP) is 3.99. The lowest BCUT2D eigenvalue weighted by Crippen LogP contribution is -2.43. The number of carbonyl (C=O) groups excluding carboxylic acids is 2. The molecule has 1 unspecified atom stereocenters. The number of thiazole rings is 1. The van der Waals surface area contributed by atoms with Gasteiger partial charge < -0.3 is 9.88 Å². The molecule has 0 saturated carbocycles. The van der Waals surface area contributed by atoms with Gasteiger partial charge in [0.05, 0.1) is 21.7 Å². The lowest BCUT2D eigenvalue weighted by molar-refractivity contribution is -0.114. The number of aromatic nitrogens is 1. The van der Waals surface area contributed by atoms with E-state index in [0.29, 0.717) is 17.0 Å². The van der Waals surface area contributed by atoms with Crippen molar-refractivity contribution in [1.29, 1.82) is 0 Å². The molecule has 1 atom stereocenters. The van der Waals surface area contributed by atoms with Gasteiger partial charge in [0.25, 0.3) is 5.91 Å². The van der Waals surface area contributed by atoms with Crippen molar-refractivity contribution in [3.05, 3.63) is 52.8 Å². The van der Waals surface area contributed by atoms with E-state index in [2.05, 4.69) is 16.2 Å². The largest absolute Gasteiger partial charge is 0.326 e. The van der Waals surface area contributed by atoms with Crippen LogP contribution in [0, 0.1) is 12.3 Å². The van der Waals surface area contributed by atoms with Crippen molar-refractivity contribution < 1.29 is 18.0 Å². The first-order chi connectivity index (χ1) is 17.2. The van der Waals surface area contributed by atoms with Crippen LogP contribution in [0.15, 0.2) is 52.4 Å². The van der Waals surface area contributed by atoms with E-state index in [1.54, 1.807) is 14.9 Å². The number of rotatable bonds is 6. The van der Waals surface area contributed by atoms with E-state index in [1.807, 2.05) is 19.1 Å². The fourth-order valence-corrected chi connectivity index (χ4v) is 7.27. The number of sulfonamides is 1. The summed E-state index contributed by atoms with van der Waals surface area (Å²) in [5.41, 5.74) is 1.72. The normalized spacial score (nSPS) is 17.1. The number of hydrogen-bond donors (Lipinski definition) is 1. The Bertz CT molecular complexity index is 1510. The maximum absolute atomic E-state index is 13.2. The van der Waals surface area contributed by atoms with Gasteiger partial charge in [-0.1, -0.05) is 30.6 Å². The van der Waals surface area contributed by atoms with Gasteiger partial charge in [-0.3, -0.25) is 9.59 Å². The molecule has 0 aliphatic carbocycles. The maximum atomic E-state index is 13.2. The molecule has 1 fully saturated rings. The highest BCUT2D eigenvalue weighted by Crippen LogP contribution is 2.27. The number of nitrogens with zero attached hydrogens (tertiary/aromatic N) is 3. The lowest BCUT2D eigenvalue weighted by atomic mass is 10.0. The average Bonchev–Trinajstić information content (AvgIpc) is 3.19. The predicted molar refractivity (Wildman–Crippen MR) is 141 cm³/mol. The lowest BCUT2D eigenvalue weighted by Gasteiger charge is -2.34. The molecule has 1 aliphatic rings. The van der Waals surface area contributed by atoms with Crippen LogP contribution >= 0.6 is 11.3 Å². The molecule has 1 aliphatic heterocycles. The van der Waals surface area contributed by atoms with Gasteiger partial charge >= 0.3 is 0 Å². The first-order valence-electron chi connectivity index (χ1n) is 11.8. The van der Waals surface area contributed by atoms with Crippen LogP contribution in [0.1, 0.15) is 49.9 Å². The fraction of sp³-hybridized carbons (Fsp3) is 0.346. The zero-order valence-electron chi connectivity index (χ0n) is 20.2. The van der Waals surface area contributed by atoms with Crippen LogP contribution in [0.2, 0.25) is 0 Å². The summed E-state index contributed by atoms with van der Waals surface area (Å²) in [6, 6.07) is 11.3. The summed E-state index contributed by atoms with van der Waals surface area (Å²) in [6.45, 7) is 4.17. The highest BCUT2D eigenvalue weighted by molar-refractivity contribution is 7.89. The quantitative estimate of drug-likeness (QED) is 0.493. The Kier molecular flexibility index (Phi) is 7.73. The average molecular weight is 525 g/mol. The van der Waals surface area contributed by atoms with Crippen LogP contribution in [-0.2, 0) is 21.4 Å². The molecule has 8 nitrogen and oxygen atoms in total. The first-order valence-corrected chi connectivity index (χ1v) is 14.1. The van der Waals surface area contributed by atoms with Gasteiger partial charge in [0, 0.05) is 30.8 Å². The van der Waals surface area contributed by atoms with Gasteiger partial charge in [-0.25, -0.2) is 8.42 Å². The molecular weight excluding hydrogens is 496 g/mol. The molecule has 0 radical (unpaired) electrons. The third-order valence-electron chi connectivity index (χ3n) is 6.20. The standard InChI is InChI=1S/C26H28N4O4S2/c1-4-15-29-23-14-11-20(27-18(3)31)17-24(23)35-26(29)28-25(32)19-9-12-22(13-10-19)36(33,34)30-16-7-6-8-21(30)5-2/h1,9-14,17,21H,5-8,15-16H2,2-3H3,(H,27,31). The zero-order valence-corrected chi connectivity index (χ0v) is 21.9. The summed E-state index contributed by atoms with van der Waals surface area (Å²) < 4.78 is 30.6. The summed E-state index contributed by atoms with van der Waals surface area (Å²) >= 11 is 1.28. The van der Waals surface area contributed by atoms with Gasteiger partial charge in [-0.15, -0.1) is 6.42 Å². The van der Waals surface area contributed by atoms with Gasteiger partial charge in [0.2, 0.25) is 15.9 Å². The van der Waals surface area contributed by atoms with Gasteiger partial charge in [0.1, 0.15) is 0 Å². The Balaban J connectivity index is 1.65. The Labute approximate surface area is 214 Å². The fourth-order valence-electron chi connectivity index (χ4n) is 4.44. The molecule has 1 aromatic heterocycles. The minimum Gasteiger partial charge on any atom is -0.326 e. The van der Waals surface area contributed by atoms with Crippen molar-refractivity contribution in [3.8, 4) is 12.3 Å². The molecule has 188 valence electrons. The van der Waals surface area contributed by atoms with Gasteiger partial charge in [-0.2, -0.15) is 9.30 Å². The highest BCUT2D eigenvalue weighted by Gasteiger charge is 2.32. The number of terminal acetylenes is 1. The monoisotopic (exact) mass is 524 g/mol. The molecule has 2 amide bonds. The van der Waals surface area contributed by atoms with Crippen LogP contribution in [0.25, 0.3) is 10.2 Å². The Morgan fingerprint density at radius 3 is 2.61 bits per heavy atom. The topological polar surface area (TPSA) is 101 Å². The molecule has 1 saturated heterocycles. The van der Waals surface area contributed by atoms with Crippen molar-refractivity contribution in [1.82, 2.24) is 8.87 Å². The number of hydrogen-bond acceptors (Lipinski definition) is 5. The zero-order chi connectivity index (χ0) is 25.9. The molecule has 10 heteroatoms. The smallest absolute Gasteiger partial charge is 0.279 e. The number of amides is 2. The summed E-state index contributed by atoms with van der Waals surface area (Å²) in [5.74, 6) is 1.90. The summed E-state index contributed by atoms with van der Waals surface area (Å²) in [4.78, 5) is 29.2. The van der Waals surface area contributed by atoms with Crippen molar-refractivity contribution >= 4 is 49.1 Å². The first kappa shape index (κ1) is 25.8. The number of piperidine rings is 1. The van der Waals surface area contributed by atoms with E-state index in [0.717, 1.165) is 35.9 Å². The van der Waals surface area contributed by atoms with Crippen LogP contribution in [0.3, 0.4) is 0 Å². The number of carbonyl (C=O) groups is 2. The molecule has 3 aromatic rings. The van der Waals surface area contributed by atoms with Crippen LogP contribution in [0.5, 0.6) is 0 Å². The molecule has 0 bridgehead atoms. The minimum atomic E-state index is -3.63. The van der Waals surface area contributed by atoms with E-state index in [-0.39, 0.29) is 29.0 Å². The molecule has 1 N–H and O–H groups in total. The summed E-state index contributed by atoms with van der Waals surface area (Å²) in [6.07, 6.45) is 9.07. The highest BCUT2D eigenvalue weighted by atomic mass is 32.2. The molecular formula is C26H28N4O4S2. The Morgan fingerprint density at radius 2 is 1.94 bits per heavy atom. The maximum Gasteiger partial charge on any atom is 0.279 e. The van der Waals surface area contributed by atoms with Crippen LogP contribution in [0.4, 0.5) is 5.69 Å². The van der Waals surface area contributed by atoms with Gasteiger partial charge in [0.15, 0.2) is 4.80 Å². The van der Waals surface area contributed by atoms with E-state index < -0.39 is 15.9 Å². The van der Waals surface area contributed by atoms with Crippen LogP contribution < -0.4 is 10.1 Å². The molecule has 36 heavy (non-hydrogen) atoms. The van der Waals surface area contributed by atoms with Crippen LogP contribution in [-0.4, -0.2) is 41.7 Å². The summed E-state index contributed by atoms with van der Waals surface area (Å²) in [5, 5.41) is 2.74. The SMILES string of the molecule is C#CCn1c(=NC(=O)c2ccc(S(=O)(=O)N3CCCCC3CC)cc2)sc2cc(NC(C)=O)ccc21. The second kappa shape index (κ2) is 10.8. The molecule has 2 heterocycles. The minimum absolute atomic E-state index is 0.00535. The van der Waals surface area contributed by atoms with Crippen molar-refractivity contribution in [2.45, 2.75) is 57.0 Å². The second-order valence-corrected chi connectivity index (χ2v) is 11.6. The summed E-state index contributed by atoms with van der Waals surface area (Å²) in [7, 11) is -3.63. The van der Waals surface area contributed by atoms with Gasteiger partial charge in [-0.05, 0) is 61.7 Å². The van der Waals surface area contributed by atoms with Crippen molar-refractivity contribution in [3.63, 3.8) is 0 Å². The van der Waals surface area contributed by atoms with E-state index in [4.69, 9.17) is 6.42 Å². The molecule has 2 aromatic carbocycles. The molecule has 0 spiro atoms. The second-order valence-electron chi connectivity index (χ2n) is 8.65. The van der Waals surface area contributed by atoms with Crippen molar-refractivity contribution in [2.24, 2.45) is 4.99 Å².